The Balaban J connectivity index is 2.26. The van der Waals surface area contributed by atoms with Crippen molar-refractivity contribution in [1.29, 1.82) is 0 Å². The fourth-order valence-electron chi connectivity index (χ4n) is 1.77. The van der Waals surface area contributed by atoms with Crippen LogP contribution in [-0.2, 0) is 4.74 Å². The lowest BCUT2D eigenvalue weighted by Gasteiger charge is -2.20. The number of allylic oxidation sites excluding steroid dienone is 2. The van der Waals surface area contributed by atoms with Gasteiger partial charge in [0.25, 0.3) is 0 Å². The van der Waals surface area contributed by atoms with Gasteiger partial charge < -0.3 is 9.64 Å². The molecule has 1 atom stereocenters. The Morgan fingerprint density at radius 2 is 2.43 bits per heavy atom. The van der Waals surface area contributed by atoms with E-state index in [0.717, 1.165) is 19.5 Å². The molecule has 0 heterocycles. The van der Waals surface area contributed by atoms with Crippen LogP contribution in [0.1, 0.15) is 26.2 Å². The molecule has 0 radical (unpaired) electrons. The summed E-state index contributed by atoms with van der Waals surface area (Å²) in [5.74, 6) is 0.661. The summed E-state index contributed by atoms with van der Waals surface area (Å²) in [6, 6.07) is 0. The van der Waals surface area contributed by atoms with Crippen LogP contribution in [0.4, 0.5) is 4.79 Å². The first-order valence-electron chi connectivity index (χ1n) is 5.27. The first-order valence-corrected chi connectivity index (χ1v) is 5.27. The molecule has 0 aliphatic heterocycles. The Morgan fingerprint density at radius 1 is 1.64 bits per heavy atom. The summed E-state index contributed by atoms with van der Waals surface area (Å²) in [5, 5.41) is 0. The molecule has 1 aliphatic carbocycles. The predicted octanol–water partition coefficient (Wildman–Crippen LogP) is 2.43. The molecule has 0 fully saturated rings. The fraction of sp³-hybridized carbons (Fsp3) is 0.727. The Bertz CT molecular complexity index is 213. The maximum absolute atomic E-state index is 11.2. The van der Waals surface area contributed by atoms with Gasteiger partial charge in [-0.05, 0) is 32.1 Å². The molecule has 80 valence electrons. The molecule has 0 bridgehead atoms. The van der Waals surface area contributed by atoms with Gasteiger partial charge in [-0.1, -0.05) is 12.2 Å². The molecular weight excluding hydrogens is 178 g/mol. The summed E-state index contributed by atoms with van der Waals surface area (Å²) in [7, 11) is 1.43. The fourth-order valence-corrected chi connectivity index (χ4v) is 1.77. The van der Waals surface area contributed by atoms with Crippen LogP contribution >= 0.6 is 0 Å². The number of carbonyl (C=O) groups is 1. The van der Waals surface area contributed by atoms with Crippen molar-refractivity contribution in [2.45, 2.75) is 26.2 Å². The smallest absolute Gasteiger partial charge is 0.409 e. The minimum atomic E-state index is -0.213. The molecule has 1 aliphatic rings. The third-order valence-electron chi connectivity index (χ3n) is 2.70. The molecule has 1 amide bonds. The lowest BCUT2D eigenvalue weighted by atomic mass is 10.1. The van der Waals surface area contributed by atoms with Crippen LogP contribution in [0, 0.1) is 5.92 Å². The highest BCUT2D eigenvalue weighted by Crippen LogP contribution is 2.20. The van der Waals surface area contributed by atoms with E-state index in [2.05, 4.69) is 16.9 Å². The highest BCUT2D eigenvalue weighted by molar-refractivity contribution is 5.67. The molecule has 0 aromatic carbocycles. The quantitative estimate of drug-likeness (QED) is 0.648. The number of carbonyl (C=O) groups excluding carboxylic acids is 1. The van der Waals surface area contributed by atoms with E-state index in [1.807, 2.05) is 6.92 Å². The van der Waals surface area contributed by atoms with Gasteiger partial charge in [-0.15, -0.1) is 0 Å². The second-order valence-electron chi connectivity index (χ2n) is 3.60. The van der Waals surface area contributed by atoms with Crippen molar-refractivity contribution in [3.05, 3.63) is 12.2 Å². The number of hydrogen-bond acceptors (Lipinski definition) is 2. The highest BCUT2D eigenvalue weighted by atomic mass is 16.5. The summed E-state index contributed by atoms with van der Waals surface area (Å²) in [5.41, 5.74) is 0. The third kappa shape index (κ3) is 3.05. The van der Waals surface area contributed by atoms with Gasteiger partial charge in [-0.2, -0.15) is 0 Å². The Morgan fingerprint density at radius 3 is 2.93 bits per heavy atom. The van der Waals surface area contributed by atoms with Gasteiger partial charge in [0, 0.05) is 13.1 Å². The van der Waals surface area contributed by atoms with Gasteiger partial charge in [-0.25, -0.2) is 4.79 Å². The van der Waals surface area contributed by atoms with Crippen LogP contribution < -0.4 is 0 Å². The molecule has 1 unspecified atom stereocenters. The molecule has 0 saturated carbocycles. The Kier molecular flexibility index (Phi) is 4.50. The number of amides is 1. The Hall–Kier alpha value is -0.990. The topological polar surface area (TPSA) is 29.5 Å². The number of ether oxygens (including phenoxy) is 1. The minimum absolute atomic E-state index is 0.213. The van der Waals surface area contributed by atoms with Crippen LogP contribution in [-0.4, -0.2) is 31.2 Å². The first-order chi connectivity index (χ1) is 6.77. The molecule has 3 nitrogen and oxygen atoms in total. The maximum atomic E-state index is 11.2. The highest BCUT2D eigenvalue weighted by Gasteiger charge is 2.14. The zero-order chi connectivity index (χ0) is 10.4. The van der Waals surface area contributed by atoms with E-state index in [4.69, 9.17) is 0 Å². The number of rotatable bonds is 4. The van der Waals surface area contributed by atoms with Gasteiger partial charge in [0.1, 0.15) is 0 Å². The number of methoxy groups -OCH3 is 1. The number of nitrogens with zero attached hydrogens (tertiary/aromatic N) is 1. The maximum Gasteiger partial charge on any atom is 0.409 e. The largest absolute Gasteiger partial charge is 0.453 e. The zero-order valence-corrected chi connectivity index (χ0v) is 9.03. The predicted molar refractivity (Wildman–Crippen MR) is 56.1 cm³/mol. The lowest BCUT2D eigenvalue weighted by Crippen LogP contribution is -2.32. The molecule has 14 heavy (non-hydrogen) atoms. The molecule has 0 aromatic rings. The molecule has 0 saturated heterocycles. The standard InChI is InChI=1S/C11H19NO2/c1-3-12(11(13)14-2)9-8-10-6-4-5-7-10/h4,6,10H,3,5,7-9H2,1-2H3. The van der Waals surface area contributed by atoms with Gasteiger partial charge in [0.05, 0.1) is 7.11 Å². The summed E-state index contributed by atoms with van der Waals surface area (Å²) in [4.78, 5) is 13.0. The number of hydrogen-bond donors (Lipinski definition) is 0. The lowest BCUT2D eigenvalue weighted by molar-refractivity contribution is 0.124. The molecular formula is C11H19NO2. The van der Waals surface area contributed by atoms with Gasteiger partial charge in [-0.3, -0.25) is 0 Å². The van der Waals surface area contributed by atoms with Crippen molar-refractivity contribution in [3.63, 3.8) is 0 Å². The molecule has 0 spiro atoms. The summed E-state index contributed by atoms with van der Waals surface area (Å²) in [6.07, 6.45) is 7.74. The SMILES string of the molecule is CCN(CCC1C=CCC1)C(=O)OC. The molecule has 3 heteroatoms. The van der Waals surface area contributed by atoms with Crippen LogP contribution in [0.25, 0.3) is 0 Å². The zero-order valence-electron chi connectivity index (χ0n) is 9.03. The van der Waals surface area contributed by atoms with E-state index in [-0.39, 0.29) is 6.09 Å². The first kappa shape index (κ1) is 11.1. The molecule has 0 N–H and O–H groups in total. The van der Waals surface area contributed by atoms with Crippen molar-refractivity contribution in [2.75, 3.05) is 20.2 Å². The molecule has 0 aromatic heterocycles. The van der Waals surface area contributed by atoms with E-state index in [1.54, 1.807) is 4.90 Å². The van der Waals surface area contributed by atoms with Gasteiger partial charge >= 0.3 is 6.09 Å². The van der Waals surface area contributed by atoms with Gasteiger partial charge in [0.15, 0.2) is 0 Å². The summed E-state index contributed by atoms with van der Waals surface area (Å²) < 4.78 is 4.69. The van der Waals surface area contributed by atoms with E-state index in [1.165, 1.54) is 20.0 Å². The van der Waals surface area contributed by atoms with E-state index >= 15 is 0 Å². The van der Waals surface area contributed by atoms with Crippen molar-refractivity contribution in [3.8, 4) is 0 Å². The third-order valence-corrected chi connectivity index (χ3v) is 2.70. The average Bonchev–Trinajstić information content (AvgIpc) is 2.71. The second kappa shape index (κ2) is 5.68. The molecule has 1 rings (SSSR count). The van der Waals surface area contributed by atoms with Gasteiger partial charge in [0.2, 0.25) is 0 Å². The van der Waals surface area contributed by atoms with Crippen molar-refractivity contribution < 1.29 is 9.53 Å². The normalized spacial score (nSPS) is 19.7. The van der Waals surface area contributed by atoms with E-state index in [0.29, 0.717) is 5.92 Å². The van der Waals surface area contributed by atoms with Crippen LogP contribution in [0.2, 0.25) is 0 Å². The van der Waals surface area contributed by atoms with Crippen molar-refractivity contribution in [2.24, 2.45) is 5.92 Å². The summed E-state index contributed by atoms with van der Waals surface area (Å²) >= 11 is 0. The van der Waals surface area contributed by atoms with Crippen LogP contribution in [0.3, 0.4) is 0 Å². The van der Waals surface area contributed by atoms with Crippen LogP contribution in [0.15, 0.2) is 12.2 Å². The van der Waals surface area contributed by atoms with Crippen molar-refractivity contribution >= 4 is 6.09 Å². The monoisotopic (exact) mass is 197 g/mol. The van der Waals surface area contributed by atoms with Crippen molar-refractivity contribution in [1.82, 2.24) is 4.90 Å². The van der Waals surface area contributed by atoms with Crippen LogP contribution in [0.5, 0.6) is 0 Å². The second-order valence-corrected chi connectivity index (χ2v) is 3.60. The summed E-state index contributed by atoms with van der Waals surface area (Å²) in [6.45, 7) is 3.50. The minimum Gasteiger partial charge on any atom is -0.453 e. The van der Waals surface area contributed by atoms with E-state index < -0.39 is 0 Å². The average molecular weight is 197 g/mol. The Labute approximate surface area is 85.7 Å². The van der Waals surface area contributed by atoms with E-state index in [9.17, 15) is 4.79 Å².